The van der Waals surface area contributed by atoms with E-state index in [0.717, 1.165) is 40.5 Å². The Morgan fingerprint density at radius 1 is 1.15 bits per heavy atom. The minimum Gasteiger partial charge on any atom is -0.465 e. The molecule has 0 aliphatic heterocycles. The van der Waals surface area contributed by atoms with Crippen molar-refractivity contribution in [2.24, 2.45) is 0 Å². The number of hydrogen-bond donors (Lipinski definition) is 2. The lowest BCUT2D eigenvalue weighted by atomic mass is 9.92. The molecule has 1 heterocycles. The van der Waals surface area contributed by atoms with Gasteiger partial charge >= 0.3 is 24.1 Å². The summed E-state index contributed by atoms with van der Waals surface area (Å²) in [6.07, 6.45) is -6.93. The number of nitro groups is 1. The lowest BCUT2D eigenvalue weighted by Gasteiger charge is -2.31. The number of benzene rings is 2. The van der Waals surface area contributed by atoms with Crippen LogP contribution < -0.4 is 10.2 Å². The average Bonchev–Trinajstić information content (AvgIpc) is 3.34. The second-order valence-corrected chi connectivity index (χ2v) is 10.8. The summed E-state index contributed by atoms with van der Waals surface area (Å²) >= 11 is 0.811. The van der Waals surface area contributed by atoms with E-state index < -0.39 is 57.9 Å². The Bertz CT molecular complexity index is 1430. The minimum absolute atomic E-state index is 0.0650. The van der Waals surface area contributed by atoms with Crippen molar-refractivity contribution >= 4 is 34.3 Å². The summed E-state index contributed by atoms with van der Waals surface area (Å²) in [5.41, 5.74) is -2.09. The Hall–Kier alpha value is -4.34. The summed E-state index contributed by atoms with van der Waals surface area (Å²) in [7, 11) is 0. The molecule has 2 atom stereocenters. The third-order valence-corrected chi connectivity index (χ3v) is 6.70. The Morgan fingerprint density at radius 2 is 1.78 bits per heavy atom. The standard InChI is InChI=1S/C25H25F4N5O6S/c1-13(14-5-8-16(9-6-14)25(27,28)29)18(30-22(35)36)12-33(23(37)40-24(2,3)4)21-32-31-20(41-21)15-7-10-19(34(38)39)17(26)11-15/h5-11,13,18,30H,12H2,1-4H3,(H,35,36)/t13-,18-/m1/s1. The number of aromatic nitrogens is 2. The van der Waals surface area contributed by atoms with Gasteiger partial charge in [-0.2, -0.15) is 17.6 Å². The van der Waals surface area contributed by atoms with Gasteiger partial charge in [-0.05, 0) is 50.6 Å². The fraction of sp³-hybridized carbons (Fsp3) is 0.360. The first-order chi connectivity index (χ1) is 19.0. The number of nitro benzene ring substituents is 1. The van der Waals surface area contributed by atoms with Crippen LogP contribution in [0.25, 0.3) is 10.6 Å². The van der Waals surface area contributed by atoms with Crippen LogP contribution in [0.4, 0.5) is 38.0 Å². The topological polar surface area (TPSA) is 148 Å². The number of amides is 2. The van der Waals surface area contributed by atoms with E-state index in [1.54, 1.807) is 27.7 Å². The van der Waals surface area contributed by atoms with Crippen LogP contribution in [0.1, 0.15) is 44.7 Å². The first-order valence-electron chi connectivity index (χ1n) is 11.9. The van der Waals surface area contributed by atoms with Crippen LogP contribution in [0.5, 0.6) is 0 Å². The van der Waals surface area contributed by atoms with Crippen LogP contribution in [0.3, 0.4) is 0 Å². The second kappa shape index (κ2) is 12.0. The summed E-state index contributed by atoms with van der Waals surface area (Å²) in [5.74, 6) is -1.83. The van der Waals surface area contributed by atoms with Crippen LogP contribution in [0, 0.1) is 15.9 Å². The predicted octanol–water partition coefficient (Wildman–Crippen LogP) is 6.45. The minimum atomic E-state index is -4.56. The van der Waals surface area contributed by atoms with E-state index in [9.17, 15) is 42.4 Å². The van der Waals surface area contributed by atoms with Gasteiger partial charge in [0.15, 0.2) is 0 Å². The Labute approximate surface area is 234 Å². The number of anilines is 1. The van der Waals surface area contributed by atoms with E-state index in [2.05, 4.69) is 15.5 Å². The van der Waals surface area contributed by atoms with Crippen molar-refractivity contribution in [1.29, 1.82) is 0 Å². The van der Waals surface area contributed by atoms with E-state index in [0.29, 0.717) is 5.56 Å². The zero-order chi connectivity index (χ0) is 30.7. The second-order valence-electron chi connectivity index (χ2n) is 9.87. The quantitative estimate of drug-likeness (QED) is 0.170. The fourth-order valence-electron chi connectivity index (χ4n) is 3.67. The summed E-state index contributed by atoms with van der Waals surface area (Å²) in [5, 5.41) is 30.7. The highest BCUT2D eigenvalue weighted by Gasteiger charge is 2.33. The van der Waals surface area contributed by atoms with E-state index in [1.807, 2.05) is 0 Å². The first kappa shape index (κ1) is 31.2. The summed E-state index contributed by atoms with van der Waals surface area (Å²) in [6.45, 7) is 6.01. The van der Waals surface area contributed by atoms with Gasteiger partial charge in [-0.1, -0.05) is 30.4 Å². The van der Waals surface area contributed by atoms with Crippen LogP contribution in [0.15, 0.2) is 42.5 Å². The number of alkyl halides is 3. The molecule has 0 bridgehead atoms. The number of nitrogens with zero attached hydrogens (tertiary/aromatic N) is 4. The molecule has 0 saturated carbocycles. The van der Waals surface area contributed by atoms with Crippen LogP contribution in [-0.4, -0.2) is 50.6 Å². The highest BCUT2D eigenvalue weighted by molar-refractivity contribution is 7.18. The fourth-order valence-corrected chi connectivity index (χ4v) is 4.51. The van der Waals surface area contributed by atoms with Gasteiger partial charge in [-0.25, -0.2) is 14.5 Å². The number of hydrogen-bond acceptors (Lipinski definition) is 8. The van der Waals surface area contributed by atoms with Gasteiger partial charge in [0.05, 0.1) is 23.1 Å². The first-order valence-corrected chi connectivity index (χ1v) is 12.7. The maximum absolute atomic E-state index is 14.2. The predicted molar refractivity (Wildman–Crippen MR) is 140 cm³/mol. The largest absolute Gasteiger partial charge is 0.465 e. The molecular weight excluding hydrogens is 574 g/mol. The number of carboxylic acid groups (broad SMARTS) is 1. The van der Waals surface area contributed by atoms with Crippen molar-refractivity contribution < 1.29 is 41.9 Å². The smallest absolute Gasteiger partial charge is 0.416 e. The molecule has 16 heteroatoms. The van der Waals surface area contributed by atoms with E-state index >= 15 is 0 Å². The summed E-state index contributed by atoms with van der Waals surface area (Å²) in [4.78, 5) is 35.9. The van der Waals surface area contributed by atoms with Crippen molar-refractivity contribution in [3.63, 3.8) is 0 Å². The third kappa shape index (κ3) is 8.09. The maximum atomic E-state index is 14.2. The molecule has 41 heavy (non-hydrogen) atoms. The zero-order valence-electron chi connectivity index (χ0n) is 22.1. The van der Waals surface area contributed by atoms with Gasteiger partial charge in [-0.15, -0.1) is 10.2 Å². The molecule has 0 aliphatic carbocycles. The molecule has 0 aliphatic rings. The summed E-state index contributed by atoms with van der Waals surface area (Å²) in [6, 6.07) is 6.22. The normalized spacial score (nSPS) is 13.3. The molecular formula is C25H25F4N5O6S. The molecule has 2 amide bonds. The lowest BCUT2D eigenvalue weighted by Crippen LogP contribution is -2.49. The maximum Gasteiger partial charge on any atom is 0.416 e. The molecule has 0 saturated heterocycles. The van der Waals surface area contributed by atoms with E-state index in [-0.39, 0.29) is 22.2 Å². The lowest BCUT2D eigenvalue weighted by molar-refractivity contribution is -0.387. The van der Waals surface area contributed by atoms with Crippen LogP contribution in [0.2, 0.25) is 0 Å². The number of carbonyl (C=O) groups is 2. The molecule has 3 rings (SSSR count). The molecule has 3 aromatic rings. The van der Waals surface area contributed by atoms with Crippen LogP contribution >= 0.6 is 11.3 Å². The molecule has 0 spiro atoms. The molecule has 2 N–H and O–H groups in total. The number of ether oxygens (including phenoxy) is 1. The zero-order valence-corrected chi connectivity index (χ0v) is 22.9. The molecule has 220 valence electrons. The number of halogens is 4. The number of rotatable bonds is 8. The van der Waals surface area contributed by atoms with Gasteiger partial charge < -0.3 is 15.2 Å². The monoisotopic (exact) mass is 599 g/mol. The molecule has 1 aromatic heterocycles. The highest BCUT2D eigenvalue weighted by atomic mass is 32.1. The number of carbonyl (C=O) groups excluding carboxylic acids is 1. The Balaban J connectivity index is 1.98. The van der Waals surface area contributed by atoms with Gasteiger partial charge in [0.1, 0.15) is 10.6 Å². The van der Waals surface area contributed by atoms with Crippen molar-refractivity contribution in [3.8, 4) is 10.6 Å². The van der Waals surface area contributed by atoms with Crippen molar-refractivity contribution in [2.75, 3.05) is 11.4 Å². The molecule has 2 aromatic carbocycles. The highest BCUT2D eigenvalue weighted by Crippen LogP contribution is 2.34. The number of nitrogens with one attached hydrogen (secondary N) is 1. The molecule has 11 nitrogen and oxygen atoms in total. The van der Waals surface area contributed by atoms with Crippen molar-refractivity contribution in [2.45, 2.75) is 51.4 Å². The van der Waals surface area contributed by atoms with Gasteiger partial charge in [0, 0.05) is 17.5 Å². The van der Waals surface area contributed by atoms with Crippen molar-refractivity contribution in [1.82, 2.24) is 15.5 Å². The van der Waals surface area contributed by atoms with Gasteiger partial charge in [-0.3, -0.25) is 10.1 Å². The van der Waals surface area contributed by atoms with E-state index in [1.165, 1.54) is 18.2 Å². The molecule has 0 unspecified atom stereocenters. The molecule has 0 fully saturated rings. The summed E-state index contributed by atoms with van der Waals surface area (Å²) < 4.78 is 58.7. The average molecular weight is 600 g/mol. The SMILES string of the molecule is C[C@H](c1ccc(C(F)(F)F)cc1)[C@@H](CN(C(=O)OC(C)(C)C)c1nnc(-c2ccc([N+](=O)[O-])c(F)c2)s1)NC(=O)O. The van der Waals surface area contributed by atoms with Gasteiger partial charge in [0.2, 0.25) is 10.9 Å². The Morgan fingerprint density at radius 3 is 2.29 bits per heavy atom. The molecule has 0 radical (unpaired) electrons. The van der Waals surface area contributed by atoms with Crippen LogP contribution in [-0.2, 0) is 10.9 Å². The third-order valence-electron chi connectivity index (χ3n) is 5.71. The van der Waals surface area contributed by atoms with Gasteiger partial charge in [0.25, 0.3) is 0 Å². The van der Waals surface area contributed by atoms with E-state index in [4.69, 9.17) is 4.74 Å². The Kier molecular flexibility index (Phi) is 9.16. The van der Waals surface area contributed by atoms with Crippen molar-refractivity contribution in [3.05, 3.63) is 69.5 Å².